The van der Waals surface area contributed by atoms with Crippen molar-refractivity contribution in [2.75, 3.05) is 0 Å². The van der Waals surface area contributed by atoms with Crippen LogP contribution in [-0.2, 0) is 0 Å². The lowest BCUT2D eigenvalue weighted by Crippen LogP contribution is -2.18. The molecule has 0 saturated carbocycles. The maximum absolute atomic E-state index is 11.0. The highest BCUT2D eigenvalue weighted by Crippen LogP contribution is 2.12. The third-order valence-corrected chi connectivity index (χ3v) is 2.03. The average molecular weight is 159 g/mol. The molecule has 0 aromatic heterocycles. The summed E-state index contributed by atoms with van der Waals surface area (Å²) in [5.41, 5.74) is 2.92. The van der Waals surface area contributed by atoms with Crippen molar-refractivity contribution in [1.29, 1.82) is 0 Å². The van der Waals surface area contributed by atoms with Gasteiger partial charge in [0.05, 0.1) is 11.6 Å². The van der Waals surface area contributed by atoms with Crippen molar-refractivity contribution in [3.05, 3.63) is 52.9 Å². The molecule has 2 rings (SSSR count). The van der Waals surface area contributed by atoms with Gasteiger partial charge in [0.15, 0.2) is 6.20 Å². The molecule has 1 aromatic carbocycles. The summed E-state index contributed by atoms with van der Waals surface area (Å²) < 4.78 is 0.891. The second kappa shape index (κ2) is 2.48. The van der Waals surface area contributed by atoms with Crippen molar-refractivity contribution in [3.63, 3.8) is 0 Å². The molecule has 0 N–H and O–H groups in total. The molecule has 1 heterocycles. The van der Waals surface area contributed by atoms with Gasteiger partial charge in [0.1, 0.15) is 0 Å². The van der Waals surface area contributed by atoms with Crippen molar-refractivity contribution in [3.8, 4) is 0 Å². The minimum atomic E-state index is 0.758. The Balaban J connectivity index is 2.48. The fourth-order valence-electron chi connectivity index (χ4n) is 1.28. The molecule has 0 bridgehead atoms. The Labute approximate surface area is 71.0 Å². The molecule has 0 radical (unpaired) electrons. The van der Waals surface area contributed by atoms with Crippen LogP contribution in [0.4, 0.5) is 0 Å². The second-order valence-electron chi connectivity index (χ2n) is 2.84. The van der Waals surface area contributed by atoms with Crippen molar-refractivity contribution in [2.24, 2.45) is 0 Å². The molecule has 2 nitrogen and oxygen atoms in total. The van der Waals surface area contributed by atoms with Crippen molar-refractivity contribution < 1.29 is 4.74 Å². The van der Waals surface area contributed by atoms with E-state index < -0.39 is 0 Å². The molecule has 0 fully saturated rings. The van der Waals surface area contributed by atoms with Crippen LogP contribution >= 0.6 is 0 Å². The molecule has 0 unspecified atom stereocenters. The van der Waals surface area contributed by atoms with E-state index in [1.165, 1.54) is 6.20 Å². The minimum Gasteiger partial charge on any atom is -0.618 e. The van der Waals surface area contributed by atoms with Gasteiger partial charge in [-0.2, -0.15) is 4.74 Å². The summed E-state index contributed by atoms with van der Waals surface area (Å²) in [6, 6.07) is 7.87. The molecular formula is C10H9NO. The summed E-state index contributed by atoms with van der Waals surface area (Å²) >= 11 is 0. The first-order chi connectivity index (χ1) is 5.79. The molecule has 0 aliphatic carbocycles. The van der Waals surface area contributed by atoms with Crippen molar-refractivity contribution in [2.45, 2.75) is 6.92 Å². The Morgan fingerprint density at radius 2 is 2.00 bits per heavy atom. The highest BCUT2D eigenvalue weighted by atomic mass is 16.5. The van der Waals surface area contributed by atoms with Gasteiger partial charge in [0.25, 0.3) is 0 Å². The highest BCUT2D eigenvalue weighted by Gasteiger charge is 2.17. The highest BCUT2D eigenvalue weighted by molar-refractivity contribution is 6.08. The second-order valence-corrected chi connectivity index (χ2v) is 2.84. The summed E-state index contributed by atoms with van der Waals surface area (Å²) in [6.07, 6.45) is 3.34. The zero-order valence-corrected chi connectivity index (χ0v) is 6.82. The molecule has 1 aromatic rings. The molecular weight excluding hydrogens is 150 g/mol. The Kier molecular flexibility index (Phi) is 1.47. The smallest absolute Gasteiger partial charge is 0.230 e. The molecule has 0 saturated heterocycles. The topological polar surface area (TPSA) is 26.1 Å². The zero-order valence-electron chi connectivity index (χ0n) is 6.82. The van der Waals surface area contributed by atoms with Gasteiger partial charge in [-0.25, -0.2) is 0 Å². The number of hydrogen-bond acceptors (Lipinski definition) is 1. The third kappa shape index (κ3) is 0.925. The van der Waals surface area contributed by atoms with Crippen LogP contribution in [0, 0.1) is 12.1 Å². The average Bonchev–Trinajstić information content (AvgIpc) is 2.06. The Hall–Kier alpha value is -1.57. The minimum absolute atomic E-state index is 0.758. The van der Waals surface area contributed by atoms with Crippen molar-refractivity contribution >= 4 is 5.71 Å². The standard InChI is InChI=1S/C10H9NO/c1-8-4-2-3-5-9(8)10-6-7-11(10)12/h2-7H,1H3. The monoisotopic (exact) mass is 159 g/mol. The first-order valence-corrected chi connectivity index (χ1v) is 3.86. The van der Waals surface area contributed by atoms with Crippen LogP contribution in [0.25, 0.3) is 0 Å². The van der Waals surface area contributed by atoms with E-state index in [4.69, 9.17) is 0 Å². The van der Waals surface area contributed by atoms with E-state index in [9.17, 15) is 5.21 Å². The van der Waals surface area contributed by atoms with Gasteiger partial charge in [-0.05, 0) is 18.6 Å². The molecule has 1 aliphatic rings. The van der Waals surface area contributed by atoms with Gasteiger partial charge < -0.3 is 5.21 Å². The van der Waals surface area contributed by atoms with Gasteiger partial charge in [0, 0.05) is 0 Å². The number of allylic oxidation sites excluding steroid dienone is 1. The summed E-state index contributed by atoms with van der Waals surface area (Å²) in [4.78, 5) is 0. The summed E-state index contributed by atoms with van der Waals surface area (Å²) in [5, 5.41) is 11.0. The van der Waals surface area contributed by atoms with E-state index in [0.717, 1.165) is 21.6 Å². The van der Waals surface area contributed by atoms with Crippen molar-refractivity contribution in [1.82, 2.24) is 0 Å². The van der Waals surface area contributed by atoms with E-state index in [1.807, 2.05) is 37.3 Å². The predicted octanol–water partition coefficient (Wildman–Crippen LogP) is 1.82. The molecule has 1 aliphatic heterocycles. The number of hydrogen-bond donors (Lipinski definition) is 0. The lowest BCUT2D eigenvalue weighted by molar-refractivity contribution is -0.388. The fraction of sp³-hybridized carbons (Fsp3) is 0.100. The fourth-order valence-corrected chi connectivity index (χ4v) is 1.28. The Morgan fingerprint density at radius 3 is 2.50 bits per heavy atom. The summed E-state index contributed by atoms with van der Waals surface area (Å²) in [7, 11) is 0. The van der Waals surface area contributed by atoms with Crippen LogP contribution in [0.15, 0.2) is 36.5 Å². The van der Waals surface area contributed by atoms with E-state index >= 15 is 0 Å². The quantitative estimate of drug-likeness (QED) is 0.453. The summed E-state index contributed by atoms with van der Waals surface area (Å²) in [5.74, 6) is 0. The van der Waals surface area contributed by atoms with Crippen LogP contribution in [0.1, 0.15) is 11.1 Å². The molecule has 0 amide bonds. The predicted molar refractivity (Wildman–Crippen MR) is 48.1 cm³/mol. The van der Waals surface area contributed by atoms with Gasteiger partial charge in [-0.3, -0.25) is 0 Å². The molecule has 2 heteroatoms. The van der Waals surface area contributed by atoms with Crippen LogP contribution in [0.3, 0.4) is 0 Å². The lowest BCUT2D eigenvalue weighted by atomic mass is 10.0. The van der Waals surface area contributed by atoms with E-state index in [-0.39, 0.29) is 0 Å². The lowest BCUT2D eigenvalue weighted by Gasteiger charge is -2.11. The maximum Gasteiger partial charge on any atom is 0.230 e. The molecule has 12 heavy (non-hydrogen) atoms. The SMILES string of the molecule is Cc1ccccc1C1=[N+]([O-])C=C1. The van der Waals surface area contributed by atoms with E-state index in [1.54, 1.807) is 0 Å². The maximum atomic E-state index is 11.0. The van der Waals surface area contributed by atoms with Gasteiger partial charge in [-0.15, -0.1) is 0 Å². The largest absolute Gasteiger partial charge is 0.618 e. The zero-order chi connectivity index (χ0) is 8.55. The first kappa shape index (κ1) is 7.10. The molecule has 0 spiro atoms. The number of rotatable bonds is 1. The molecule has 0 atom stereocenters. The number of nitrogens with zero attached hydrogens (tertiary/aromatic N) is 1. The third-order valence-electron chi connectivity index (χ3n) is 2.03. The number of benzene rings is 1. The van der Waals surface area contributed by atoms with Crippen LogP contribution < -0.4 is 0 Å². The van der Waals surface area contributed by atoms with Gasteiger partial charge >= 0.3 is 0 Å². The number of hydroxylamine groups is 1. The van der Waals surface area contributed by atoms with Crippen LogP contribution in [0.5, 0.6) is 0 Å². The Morgan fingerprint density at radius 1 is 1.25 bits per heavy atom. The Bertz CT molecular complexity index is 377. The normalized spacial score (nSPS) is 14.8. The van der Waals surface area contributed by atoms with E-state index in [2.05, 4.69) is 0 Å². The van der Waals surface area contributed by atoms with Crippen LogP contribution in [-0.4, -0.2) is 10.5 Å². The van der Waals surface area contributed by atoms with E-state index in [0.29, 0.717) is 0 Å². The first-order valence-electron chi connectivity index (χ1n) is 3.86. The molecule has 60 valence electrons. The van der Waals surface area contributed by atoms with Crippen LogP contribution in [0.2, 0.25) is 0 Å². The number of aryl methyl sites for hydroxylation is 1. The van der Waals surface area contributed by atoms with Gasteiger partial charge in [-0.1, -0.05) is 18.2 Å². The van der Waals surface area contributed by atoms with Gasteiger partial charge in [0.2, 0.25) is 5.71 Å². The summed E-state index contributed by atoms with van der Waals surface area (Å²) in [6.45, 7) is 2.00.